The van der Waals surface area contributed by atoms with Crippen LogP contribution in [0, 0.1) is 5.92 Å². The van der Waals surface area contributed by atoms with E-state index >= 15 is 0 Å². The molecule has 3 heterocycles. The second kappa shape index (κ2) is 11.8. The molecule has 0 atom stereocenters. The number of aromatic amines is 1. The molecule has 1 aliphatic carbocycles. The van der Waals surface area contributed by atoms with Crippen LogP contribution in [-0.2, 0) is 4.79 Å². The summed E-state index contributed by atoms with van der Waals surface area (Å²) in [6.45, 7) is 2.00. The van der Waals surface area contributed by atoms with Crippen LogP contribution in [0.1, 0.15) is 32.1 Å². The maximum absolute atomic E-state index is 11.4. The Labute approximate surface area is 221 Å². The standard InChI is InChI=1S/C17H20N6O.C11H13NO2/c1-24-14-16(18-11-19-17(14)23-9-5-2-6-10-23)20-15-12-7-3-4-8-13(12)21-22-15;1-14-10-6-4-9(5-7-10)12-11(13)8-2-3-8/h3-4,7-8,11H,2,5-6,9-10H2,1H3,(H2,18,19,20,21,22);4-8H,2-3H2,1H3,(H,12,13). The minimum absolute atomic E-state index is 0.134. The first kappa shape index (κ1) is 25.3. The van der Waals surface area contributed by atoms with E-state index in [2.05, 4.69) is 35.7 Å². The Morgan fingerprint density at radius 1 is 0.947 bits per heavy atom. The van der Waals surface area contributed by atoms with Gasteiger partial charge in [0.1, 0.15) is 12.1 Å². The summed E-state index contributed by atoms with van der Waals surface area (Å²) in [5.74, 6) is 4.04. The molecule has 0 unspecified atom stereocenters. The molecule has 2 aromatic carbocycles. The lowest BCUT2D eigenvalue weighted by atomic mass is 10.1. The van der Waals surface area contributed by atoms with Crippen molar-refractivity contribution >= 4 is 40.0 Å². The molecule has 6 rings (SSSR count). The molecule has 3 N–H and O–H groups in total. The van der Waals surface area contributed by atoms with Crippen molar-refractivity contribution in [3.63, 3.8) is 0 Å². The molecule has 2 aromatic heterocycles. The summed E-state index contributed by atoms with van der Waals surface area (Å²) in [5, 5.41) is 14.5. The van der Waals surface area contributed by atoms with Crippen LogP contribution in [0.2, 0.25) is 0 Å². The number of ether oxygens (including phenoxy) is 2. The van der Waals surface area contributed by atoms with Crippen LogP contribution in [0.5, 0.6) is 11.5 Å². The number of carbonyl (C=O) groups is 1. The summed E-state index contributed by atoms with van der Waals surface area (Å²) in [6, 6.07) is 15.3. The number of methoxy groups -OCH3 is 2. The molecule has 0 bridgehead atoms. The van der Waals surface area contributed by atoms with Gasteiger partial charge in [0.05, 0.1) is 19.7 Å². The third kappa shape index (κ3) is 5.96. The van der Waals surface area contributed by atoms with E-state index in [1.807, 2.05) is 48.5 Å². The van der Waals surface area contributed by atoms with E-state index in [0.717, 1.165) is 59.9 Å². The van der Waals surface area contributed by atoms with Crippen LogP contribution < -0.4 is 25.0 Å². The van der Waals surface area contributed by atoms with Gasteiger partial charge in [-0.3, -0.25) is 9.89 Å². The van der Waals surface area contributed by atoms with Gasteiger partial charge in [0.25, 0.3) is 0 Å². The zero-order chi connectivity index (χ0) is 26.3. The van der Waals surface area contributed by atoms with Crippen LogP contribution >= 0.6 is 0 Å². The maximum atomic E-state index is 11.4. The van der Waals surface area contributed by atoms with Crippen LogP contribution in [0.15, 0.2) is 54.9 Å². The van der Waals surface area contributed by atoms with E-state index in [0.29, 0.717) is 11.6 Å². The Morgan fingerprint density at radius 3 is 2.42 bits per heavy atom. The van der Waals surface area contributed by atoms with E-state index in [-0.39, 0.29) is 11.8 Å². The predicted octanol–water partition coefficient (Wildman–Crippen LogP) is 5.14. The minimum Gasteiger partial charge on any atom is -0.497 e. The van der Waals surface area contributed by atoms with Gasteiger partial charge in [-0.15, -0.1) is 0 Å². The largest absolute Gasteiger partial charge is 0.497 e. The average molecular weight is 516 g/mol. The highest BCUT2D eigenvalue weighted by molar-refractivity contribution is 5.94. The van der Waals surface area contributed by atoms with Gasteiger partial charge in [0.2, 0.25) is 11.7 Å². The third-order valence-corrected chi connectivity index (χ3v) is 6.66. The Balaban J connectivity index is 0.000000179. The van der Waals surface area contributed by atoms with Crippen molar-refractivity contribution < 1.29 is 14.3 Å². The summed E-state index contributed by atoms with van der Waals surface area (Å²) in [5.41, 5.74) is 1.81. The zero-order valence-electron chi connectivity index (χ0n) is 21.7. The zero-order valence-corrected chi connectivity index (χ0v) is 21.7. The first-order chi connectivity index (χ1) is 18.7. The average Bonchev–Trinajstić information content (AvgIpc) is 3.76. The van der Waals surface area contributed by atoms with Crippen molar-refractivity contribution in [2.75, 3.05) is 42.8 Å². The van der Waals surface area contributed by atoms with Crippen LogP contribution in [0.4, 0.5) is 23.1 Å². The van der Waals surface area contributed by atoms with Crippen molar-refractivity contribution in [1.82, 2.24) is 20.2 Å². The number of amides is 1. The van der Waals surface area contributed by atoms with Gasteiger partial charge in [0.15, 0.2) is 17.5 Å². The van der Waals surface area contributed by atoms with Crippen LogP contribution in [-0.4, -0.2) is 53.4 Å². The molecular weight excluding hydrogens is 482 g/mol. The lowest BCUT2D eigenvalue weighted by Crippen LogP contribution is -2.30. The van der Waals surface area contributed by atoms with E-state index in [1.165, 1.54) is 19.3 Å². The smallest absolute Gasteiger partial charge is 0.227 e. The molecule has 10 nitrogen and oxygen atoms in total. The monoisotopic (exact) mass is 515 g/mol. The van der Waals surface area contributed by atoms with Gasteiger partial charge in [-0.1, -0.05) is 12.1 Å². The van der Waals surface area contributed by atoms with Crippen LogP contribution in [0.3, 0.4) is 0 Å². The summed E-state index contributed by atoms with van der Waals surface area (Å²) in [7, 11) is 3.28. The molecule has 1 saturated heterocycles. The van der Waals surface area contributed by atoms with Crippen molar-refractivity contribution in [2.24, 2.45) is 5.92 Å². The normalized spacial score (nSPS) is 14.8. The fraction of sp³-hybridized carbons (Fsp3) is 0.357. The first-order valence-corrected chi connectivity index (χ1v) is 12.9. The lowest BCUT2D eigenvalue weighted by Gasteiger charge is -2.29. The van der Waals surface area contributed by atoms with Gasteiger partial charge < -0.3 is 25.0 Å². The van der Waals surface area contributed by atoms with Crippen molar-refractivity contribution in [2.45, 2.75) is 32.1 Å². The van der Waals surface area contributed by atoms with E-state index in [9.17, 15) is 4.79 Å². The van der Waals surface area contributed by atoms with E-state index in [4.69, 9.17) is 9.47 Å². The molecule has 0 radical (unpaired) electrons. The molecule has 4 aromatic rings. The summed E-state index contributed by atoms with van der Waals surface area (Å²) < 4.78 is 10.6. The van der Waals surface area contributed by atoms with Gasteiger partial charge in [0, 0.05) is 30.1 Å². The predicted molar refractivity (Wildman–Crippen MR) is 148 cm³/mol. The highest BCUT2D eigenvalue weighted by Crippen LogP contribution is 2.35. The molecule has 1 amide bonds. The van der Waals surface area contributed by atoms with Gasteiger partial charge >= 0.3 is 0 Å². The van der Waals surface area contributed by atoms with Gasteiger partial charge in [-0.25, -0.2) is 9.97 Å². The molecular formula is C28H33N7O3. The summed E-state index contributed by atoms with van der Waals surface area (Å²) in [6.07, 6.45) is 7.27. The topological polar surface area (TPSA) is 117 Å². The number of para-hydroxylation sites is 1. The second-order valence-electron chi connectivity index (χ2n) is 9.36. The maximum Gasteiger partial charge on any atom is 0.227 e. The molecule has 38 heavy (non-hydrogen) atoms. The second-order valence-corrected chi connectivity index (χ2v) is 9.36. The first-order valence-electron chi connectivity index (χ1n) is 12.9. The number of carbonyl (C=O) groups excluding carboxylic acids is 1. The Bertz CT molecular complexity index is 1360. The van der Waals surface area contributed by atoms with E-state index < -0.39 is 0 Å². The molecule has 1 saturated carbocycles. The van der Waals surface area contributed by atoms with E-state index in [1.54, 1.807) is 20.5 Å². The number of H-pyrrole nitrogens is 1. The van der Waals surface area contributed by atoms with Crippen molar-refractivity contribution in [3.05, 3.63) is 54.9 Å². The quantitative estimate of drug-likeness (QED) is 0.310. The fourth-order valence-corrected chi connectivity index (χ4v) is 4.41. The number of piperidine rings is 1. The summed E-state index contributed by atoms with van der Waals surface area (Å²) >= 11 is 0. The van der Waals surface area contributed by atoms with Crippen molar-refractivity contribution in [1.29, 1.82) is 0 Å². The molecule has 2 fully saturated rings. The molecule has 2 aliphatic rings. The number of aromatic nitrogens is 4. The number of benzene rings is 2. The summed E-state index contributed by atoms with van der Waals surface area (Å²) in [4.78, 5) is 22.5. The molecule has 1 aliphatic heterocycles. The molecule has 198 valence electrons. The Hall–Kier alpha value is -4.34. The Morgan fingerprint density at radius 2 is 1.71 bits per heavy atom. The number of hydrogen-bond acceptors (Lipinski definition) is 8. The van der Waals surface area contributed by atoms with Crippen molar-refractivity contribution in [3.8, 4) is 11.5 Å². The Kier molecular flexibility index (Phi) is 7.86. The SMILES string of the molecule is COc1c(Nc2n[nH]c3ccccc23)ncnc1N1CCCCC1.COc1ccc(NC(=O)C2CC2)cc1. The number of fused-ring (bicyclic) bond motifs is 1. The number of hydrogen-bond donors (Lipinski definition) is 3. The number of nitrogens with one attached hydrogen (secondary N) is 3. The van der Waals surface area contributed by atoms with Crippen LogP contribution in [0.25, 0.3) is 10.9 Å². The van der Waals surface area contributed by atoms with Gasteiger partial charge in [-0.05, 0) is 68.5 Å². The highest BCUT2D eigenvalue weighted by Gasteiger charge is 2.29. The highest BCUT2D eigenvalue weighted by atomic mass is 16.5. The number of rotatable bonds is 7. The van der Waals surface area contributed by atoms with Gasteiger partial charge in [-0.2, -0.15) is 5.10 Å². The number of nitrogens with zero attached hydrogens (tertiary/aromatic N) is 4. The minimum atomic E-state index is 0.134. The lowest BCUT2D eigenvalue weighted by molar-refractivity contribution is -0.117. The third-order valence-electron chi connectivity index (χ3n) is 6.66. The fourth-order valence-electron chi connectivity index (χ4n) is 4.41. The molecule has 10 heteroatoms. The number of anilines is 4. The molecule has 0 spiro atoms.